The summed E-state index contributed by atoms with van der Waals surface area (Å²) in [6.45, 7) is 2.01. The van der Waals surface area contributed by atoms with Crippen LogP contribution in [-0.4, -0.2) is 12.0 Å². The summed E-state index contributed by atoms with van der Waals surface area (Å²) in [6, 6.07) is 9.63. The van der Waals surface area contributed by atoms with Gasteiger partial charge in [0.1, 0.15) is 0 Å². The zero-order valence-electron chi connectivity index (χ0n) is 9.49. The molecule has 0 aliphatic carbocycles. The normalized spacial score (nSPS) is 10.5. The van der Waals surface area contributed by atoms with E-state index >= 15 is 0 Å². The summed E-state index contributed by atoms with van der Waals surface area (Å²) in [5, 5.41) is 0. The SMILES string of the molecule is CSc1ccccc1C(=O)c1cc(Br)c(C)s1. The maximum absolute atomic E-state index is 12.4. The fraction of sp³-hybridized carbons (Fsp3) is 0.154. The summed E-state index contributed by atoms with van der Waals surface area (Å²) in [5.41, 5.74) is 0.786. The van der Waals surface area contributed by atoms with Crippen molar-refractivity contribution in [3.63, 3.8) is 0 Å². The first-order valence-electron chi connectivity index (χ1n) is 5.07. The molecular weight excluding hydrogens is 316 g/mol. The van der Waals surface area contributed by atoms with Crippen LogP contribution in [0.1, 0.15) is 20.1 Å². The fourth-order valence-corrected chi connectivity index (χ4v) is 3.62. The van der Waals surface area contributed by atoms with Gasteiger partial charge in [-0.3, -0.25) is 4.79 Å². The van der Waals surface area contributed by atoms with Gasteiger partial charge in [0, 0.05) is 19.8 Å². The second kappa shape index (κ2) is 5.38. The summed E-state index contributed by atoms with van der Waals surface area (Å²) in [7, 11) is 0. The molecule has 1 heterocycles. The zero-order chi connectivity index (χ0) is 12.4. The molecule has 0 bridgehead atoms. The lowest BCUT2D eigenvalue weighted by Crippen LogP contribution is -2.00. The highest BCUT2D eigenvalue weighted by atomic mass is 79.9. The molecule has 4 heteroatoms. The fourth-order valence-electron chi connectivity index (χ4n) is 1.54. The van der Waals surface area contributed by atoms with E-state index in [1.54, 1.807) is 11.8 Å². The number of hydrogen-bond donors (Lipinski definition) is 0. The van der Waals surface area contributed by atoms with Gasteiger partial charge < -0.3 is 0 Å². The van der Waals surface area contributed by atoms with Gasteiger partial charge in [0.25, 0.3) is 0 Å². The predicted molar refractivity (Wildman–Crippen MR) is 78.4 cm³/mol. The average molecular weight is 327 g/mol. The highest BCUT2D eigenvalue weighted by Gasteiger charge is 2.16. The van der Waals surface area contributed by atoms with Gasteiger partial charge in [0.2, 0.25) is 5.78 Å². The lowest BCUT2D eigenvalue weighted by Gasteiger charge is -2.03. The molecule has 0 fully saturated rings. The number of carbonyl (C=O) groups is 1. The molecule has 1 nitrogen and oxygen atoms in total. The molecule has 0 spiro atoms. The Balaban J connectivity index is 2.43. The maximum Gasteiger partial charge on any atom is 0.204 e. The first kappa shape index (κ1) is 12.9. The molecule has 0 aliphatic rings. The van der Waals surface area contributed by atoms with Crippen LogP contribution in [0.4, 0.5) is 0 Å². The van der Waals surface area contributed by atoms with E-state index in [0.717, 1.165) is 24.7 Å². The monoisotopic (exact) mass is 326 g/mol. The summed E-state index contributed by atoms with van der Waals surface area (Å²) in [5.74, 6) is 0.105. The maximum atomic E-state index is 12.4. The van der Waals surface area contributed by atoms with E-state index < -0.39 is 0 Å². The Bertz CT molecular complexity index is 541. The van der Waals surface area contributed by atoms with Crippen LogP contribution in [0.2, 0.25) is 0 Å². The molecule has 2 aromatic rings. The minimum Gasteiger partial charge on any atom is -0.288 e. The molecule has 0 unspecified atom stereocenters. The van der Waals surface area contributed by atoms with Crippen molar-refractivity contribution in [3.8, 4) is 0 Å². The molecule has 0 saturated heterocycles. The first-order valence-corrected chi connectivity index (χ1v) is 7.90. The van der Waals surface area contributed by atoms with Crippen LogP contribution >= 0.6 is 39.0 Å². The highest BCUT2D eigenvalue weighted by Crippen LogP contribution is 2.30. The van der Waals surface area contributed by atoms with Crippen LogP contribution in [0, 0.1) is 6.92 Å². The van der Waals surface area contributed by atoms with Gasteiger partial charge in [0.05, 0.1) is 4.88 Å². The van der Waals surface area contributed by atoms with Crippen LogP contribution in [-0.2, 0) is 0 Å². The Morgan fingerprint density at radius 1 is 1.35 bits per heavy atom. The summed E-state index contributed by atoms with van der Waals surface area (Å²) < 4.78 is 1.01. The summed E-state index contributed by atoms with van der Waals surface area (Å²) in [4.78, 5) is 15.3. The molecule has 0 atom stereocenters. The minimum absolute atomic E-state index is 0.105. The van der Waals surface area contributed by atoms with Gasteiger partial charge in [-0.05, 0) is 47.3 Å². The van der Waals surface area contributed by atoms with E-state index in [1.165, 1.54) is 11.3 Å². The number of carbonyl (C=O) groups excluding carboxylic acids is 1. The van der Waals surface area contributed by atoms with Crippen LogP contribution in [0.5, 0.6) is 0 Å². The average Bonchev–Trinajstić information content (AvgIpc) is 2.68. The van der Waals surface area contributed by atoms with Crippen molar-refractivity contribution in [2.45, 2.75) is 11.8 Å². The van der Waals surface area contributed by atoms with Crippen molar-refractivity contribution in [1.29, 1.82) is 0 Å². The van der Waals surface area contributed by atoms with E-state index in [2.05, 4.69) is 15.9 Å². The van der Waals surface area contributed by atoms with Gasteiger partial charge in [-0.2, -0.15) is 0 Å². The molecular formula is C13H11BrOS2. The Labute approximate surface area is 117 Å². The van der Waals surface area contributed by atoms with Crippen molar-refractivity contribution in [1.82, 2.24) is 0 Å². The third-order valence-electron chi connectivity index (χ3n) is 2.43. The minimum atomic E-state index is 0.105. The van der Waals surface area contributed by atoms with E-state index in [1.807, 2.05) is 43.5 Å². The Morgan fingerprint density at radius 3 is 2.65 bits per heavy atom. The number of ketones is 1. The van der Waals surface area contributed by atoms with E-state index in [0.29, 0.717) is 0 Å². The van der Waals surface area contributed by atoms with Gasteiger partial charge in [-0.25, -0.2) is 0 Å². The number of benzene rings is 1. The van der Waals surface area contributed by atoms with E-state index in [9.17, 15) is 4.79 Å². The molecule has 0 saturated carbocycles. The van der Waals surface area contributed by atoms with Crippen molar-refractivity contribution in [2.75, 3.05) is 6.26 Å². The molecule has 2 rings (SSSR count). The van der Waals surface area contributed by atoms with E-state index in [-0.39, 0.29) is 5.78 Å². The second-order valence-electron chi connectivity index (χ2n) is 3.54. The standard InChI is InChI=1S/C13H11BrOS2/c1-8-10(14)7-12(17-8)13(15)9-5-3-4-6-11(9)16-2/h3-7H,1-2H3. The third kappa shape index (κ3) is 2.64. The largest absolute Gasteiger partial charge is 0.288 e. The molecule has 0 radical (unpaired) electrons. The highest BCUT2D eigenvalue weighted by molar-refractivity contribution is 9.10. The van der Waals surface area contributed by atoms with Crippen LogP contribution in [0.25, 0.3) is 0 Å². The van der Waals surface area contributed by atoms with E-state index in [4.69, 9.17) is 0 Å². The van der Waals surface area contributed by atoms with Gasteiger partial charge in [-0.1, -0.05) is 12.1 Å². The Kier molecular flexibility index (Phi) is 4.07. The third-order valence-corrected chi connectivity index (χ3v) is 5.36. The Hall–Kier alpha value is -0.580. The quantitative estimate of drug-likeness (QED) is 0.596. The molecule has 0 aliphatic heterocycles. The lowest BCUT2D eigenvalue weighted by atomic mass is 10.1. The van der Waals surface area contributed by atoms with Gasteiger partial charge in [0.15, 0.2) is 0 Å². The molecule has 1 aromatic carbocycles. The number of thioether (sulfide) groups is 1. The molecule has 88 valence electrons. The molecule has 0 N–H and O–H groups in total. The van der Waals surface area contributed by atoms with Crippen molar-refractivity contribution in [3.05, 3.63) is 50.1 Å². The number of rotatable bonds is 3. The lowest BCUT2D eigenvalue weighted by molar-refractivity contribution is 0.104. The first-order chi connectivity index (χ1) is 8.13. The summed E-state index contributed by atoms with van der Waals surface area (Å²) >= 11 is 6.58. The number of thiophene rings is 1. The van der Waals surface area contributed by atoms with Gasteiger partial charge in [-0.15, -0.1) is 23.1 Å². The second-order valence-corrected chi connectivity index (χ2v) is 6.50. The zero-order valence-corrected chi connectivity index (χ0v) is 12.7. The number of aryl methyl sites for hydroxylation is 1. The van der Waals surface area contributed by atoms with Crippen molar-refractivity contribution >= 4 is 44.8 Å². The van der Waals surface area contributed by atoms with Crippen LogP contribution in [0.3, 0.4) is 0 Å². The molecule has 17 heavy (non-hydrogen) atoms. The molecule has 0 amide bonds. The molecule has 1 aromatic heterocycles. The number of halogens is 1. The smallest absolute Gasteiger partial charge is 0.204 e. The topological polar surface area (TPSA) is 17.1 Å². The van der Waals surface area contributed by atoms with Crippen molar-refractivity contribution < 1.29 is 4.79 Å². The van der Waals surface area contributed by atoms with Crippen LogP contribution < -0.4 is 0 Å². The van der Waals surface area contributed by atoms with Crippen LogP contribution in [0.15, 0.2) is 39.7 Å². The van der Waals surface area contributed by atoms with Crippen molar-refractivity contribution in [2.24, 2.45) is 0 Å². The number of hydrogen-bond acceptors (Lipinski definition) is 3. The predicted octanol–water partition coefficient (Wildman–Crippen LogP) is 4.77. The Morgan fingerprint density at radius 2 is 2.06 bits per heavy atom. The van der Waals surface area contributed by atoms with Gasteiger partial charge >= 0.3 is 0 Å². The summed E-state index contributed by atoms with van der Waals surface area (Å²) in [6.07, 6.45) is 1.99.